The Bertz CT molecular complexity index is 611. The van der Waals surface area contributed by atoms with Gasteiger partial charge >= 0.3 is 0 Å². The first-order valence-corrected chi connectivity index (χ1v) is 7.13. The van der Waals surface area contributed by atoms with E-state index in [1.165, 1.54) is 4.68 Å². The van der Waals surface area contributed by atoms with Gasteiger partial charge in [-0.05, 0) is 25.1 Å². The molecule has 19 heavy (non-hydrogen) atoms. The van der Waals surface area contributed by atoms with Crippen molar-refractivity contribution >= 4 is 17.6 Å². The number of hydrogen-bond donors (Lipinski definition) is 1. The lowest BCUT2D eigenvalue weighted by Crippen LogP contribution is -2.21. The fourth-order valence-corrected chi connectivity index (χ4v) is 2.23. The van der Waals surface area contributed by atoms with Gasteiger partial charge in [0.1, 0.15) is 0 Å². The molecule has 0 aliphatic carbocycles. The summed E-state index contributed by atoms with van der Waals surface area (Å²) in [5.74, 6) is 1.00. The molecule has 0 amide bonds. The first-order valence-electron chi connectivity index (χ1n) is 6.15. The highest BCUT2D eigenvalue weighted by molar-refractivity contribution is 8.00. The van der Waals surface area contributed by atoms with Crippen molar-refractivity contribution in [1.29, 1.82) is 0 Å². The van der Waals surface area contributed by atoms with Crippen molar-refractivity contribution in [1.82, 2.24) is 9.78 Å². The topological polar surface area (TPSA) is 46.9 Å². The molecule has 0 atom stereocenters. The van der Waals surface area contributed by atoms with Gasteiger partial charge in [0, 0.05) is 29.6 Å². The van der Waals surface area contributed by atoms with Crippen LogP contribution in [0.2, 0.25) is 0 Å². The van der Waals surface area contributed by atoms with Crippen LogP contribution in [0, 0.1) is 6.92 Å². The number of hydrogen-bond acceptors (Lipinski definition) is 4. The first kappa shape index (κ1) is 13.7. The van der Waals surface area contributed by atoms with Gasteiger partial charge in [-0.2, -0.15) is 5.10 Å². The predicted octanol–water partition coefficient (Wildman–Crippen LogP) is 2.84. The third-order valence-electron chi connectivity index (χ3n) is 2.73. The smallest absolute Gasteiger partial charge is 0.269 e. The molecule has 0 unspecified atom stereocenters. The van der Waals surface area contributed by atoms with Crippen molar-refractivity contribution in [2.75, 3.05) is 10.5 Å². The number of nitrogens with one attached hydrogen (secondary N) is 1. The van der Waals surface area contributed by atoms with Crippen molar-refractivity contribution < 1.29 is 0 Å². The number of aromatic nitrogens is 2. The lowest BCUT2D eigenvalue weighted by atomic mass is 10.1. The van der Waals surface area contributed by atoms with Crippen molar-refractivity contribution in [3.05, 3.63) is 46.2 Å². The van der Waals surface area contributed by atoms with Gasteiger partial charge in [-0.15, -0.1) is 0 Å². The molecule has 4 nitrogen and oxygen atoms in total. The molecule has 0 bridgehead atoms. The maximum absolute atomic E-state index is 11.6. The molecule has 0 spiro atoms. The molecular formula is C14H17N3OS. The van der Waals surface area contributed by atoms with Crippen LogP contribution < -0.4 is 10.3 Å². The Balaban J connectivity index is 2.39. The molecule has 2 aromatic rings. The number of anilines is 1. The molecule has 1 aromatic heterocycles. The van der Waals surface area contributed by atoms with E-state index in [-0.39, 0.29) is 5.56 Å². The Hall–Kier alpha value is -1.75. The van der Waals surface area contributed by atoms with Crippen LogP contribution in [0.5, 0.6) is 0 Å². The highest BCUT2D eigenvalue weighted by Gasteiger charge is 2.05. The highest BCUT2D eigenvalue weighted by atomic mass is 32.2. The predicted molar refractivity (Wildman–Crippen MR) is 81.4 cm³/mol. The SMILES string of the molecule is CCSNc1cccc(-c2cc(C)c(=O)n(C)n2)c1. The molecule has 1 N–H and O–H groups in total. The molecule has 0 aliphatic heterocycles. The van der Waals surface area contributed by atoms with Crippen LogP contribution in [0.15, 0.2) is 35.1 Å². The van der Waals surface area contributed by atoms with E-state index in [4.69, 9.17) is 0 Å². The minimum Gasteiger partial charge on any atom is -0.330 e. The normalized spacial score (nSPS) is 10.5. The maximum Gasteiger partial charge on any atom is 0.269 e. The monoisotopic (exact) mass is 275 g/mol. The second-order valence-corrected chi connectivity index (χ2v) is 5.33. The molecule has 0 saturated heterocycles. The average Bonchev–Trinajstić information content (AvgIpc) is 2.42. The van der Waals surface area contributed by atoms with Crippen LogP contribution in [-0.2, 0) is 7.05 Å². The summed E-state index contributed by atoms with van der Waals surface area (Å²) in [5, 5.41) is 4.29. The highest BCUT2D eigenvalue weighted by Crippen LogP contribution is 2.22. The van der Waals surface area contributed by atoms with Crippen LogP contribution >= 0.6 is 11.9 Å². The van der Waals surface area contributed by atoms with Crippen molar-refractivity contribution in [3.63, 3.8) is 0 Å². The molecule has 0 radical (unpaired) electrons. The average molecular weight is 275 g/mol. The van der Waals surface area contributed by atoms with Gasteiger partial charge in [-0.1, -0.05) is 31.0 Å². The largest absolute Gasteiger partial charge is 0.330 e. The van der Waals surface area contributed by atoms with Crippen LogP contribution in [0.25, 0.3) is 11.3 Å². The summed E-state index contributed by atoms with van der Waals surface area (Å²) < 4.78 is 4.65. The van der Waals surface area contributed by atoms with Crippen LogP contribution in [-0.4, -0.2) is 15.5 Å². The summed E-state index contributed by atoms with van der Waals surface area (Å²) in [5.41, 5.74) is 3.50. The zero-order valence-electron chi connectivity index (χ0n) is 11.3. The molecular weight excluding hydrogens is 258 g/mol. The molecule has 1 heterocycles. The van der Waals surface area contributed by atoms with Crippen LogP contribution in [0.1, 0.15) is 12.5 Å². The van der Waals surface area contributed by atoms with E-state index in [0.29, 0.717) is 5.56 Å². The summed E-state index contributed by atoms with van der Waals surface area (Å²) >= 11 is 1.65. The van der Waals surface area contributed by atoms with E-state index < -0.39 is 0 Å². The van der Waals surface area contributed by atoms with E-state index in [1.807, 2.05) is 37.3 Å². The summed E-state index contributed by atoms with van der Waals surface area (Å²) in [6, 6.07) is 9.86. The Morgan fingerprint density at radius 2 is 2.16 bits per heavy atom. The summed E-state index contributed by atoms with van der Waals surface area (Å²) in [6.07, 6.45) is 0. The first-order chi connectivity index (χ1) is 9.11. The third-order valence-corrected chi connectivity index (χ3v) is 3.40. The van der Waals surface area contributed by atoms with Gasteiger partial charge in [-0.3, -0.25) is 4.79 Å². The second kappa shape index (κ2) is 5.93. The number of rotatable bonds is 4. The van der Waals surface area contributed by atoms with Gasteiger partial charge in [0.25, 0.3) is 5.56 Å². The Labute approximate surface area is 117 Å². The summed E-state index contributed by atoms with van der Waals surface area (Å²) in [4.78, 5) is 11.6. The van der Waals surface area contributed by atoms with Gasteiger partial charge < -0.3 is 4.72 Å². The van der Waals surface area contributed by atoms with E-state index in [2.05, 4.69) is 16.7 Å². The fourth-order valence-electron chi connectivity index (χ4n) is 1.80. The zero-order valence-corrected chi connectivity index (χ0v) is 12.1. The lowest BCUT2D eigenvalue weighted by Gasteiger charge is -2.08. The third kappa shape index (κ3) is 3.17. The Kier molecular flexibility index (Phi) is 4.27. The minimum atomic E-state index is -0.0560. The lowest BCUT2D eigenvalue weighted by molar-refractivity contribution is 0.705. The van der Waals surface area contributed by atoms with E-state index >= 15 is 0 Å². The van der Waals surface area contributed by atoms with E-state index in [9.17, 15) is 4.79 Å². The number of aryl methyl sites for hydroxylation is 2. The van der Waals surface area contributed by atoms with Gasteiger partial charge in [0.2, 0.25) is 0 Å². The molecule has 5 heteroatoms. The summed E-state index contributed by atoms with van der Waals surface area (Å²) in [7, 11) is 1.67. The molecule has 2 rings (SSSR count). The van der Waals surface area contributed by atoms with Crippen LogP contribution in [0.4, 0.5) is 5.69 Å². The van der Waals surface area contributed by atoms with Gasteiger partial charge in [0.05, 0.1) is 5.69 Å². The number of nitrogens with zero attached hydrogens (tertiary/aromatic N) is 2. The van der Waals surface area contributed by atoms with Crippen molar-refractivity contribution in [2.45, 2.75) is 13.8 Å². The molecule has 0 saturated carbocycles. The Morgan fingerprint density at radius 1 is 1.37 bits per heavy atom. The molecule has 1 aromatic carbocycles. The minimum absolute atomic E-state index is 0.0560. The molecule has 0 aliphatic rings. The maximum atomic E-state index is 11.6. The quantitative estimate of drug-likeness (QED) is 0.872. The van der Waals surface area contributed by atoms with Crippen molar-refractivity contribution in [3.8, 4) is 11.3 Å². The second-order valence-electron chi connectivity index (χ2n) is 4.26. The van der Waals surface area contributed by atoms with Gasteiger partial charge in [0.15, 0.2) is 0 Å². The Morgan fingerprint density at radius 3 is 2.84 bits per heavy atom. The van der Waals surface area contributed by atoms with Gasteiger partial charge in [-0.25, -0.2) is 4.68 Å². The summed E-state index contributed by atoms with van der Waals surface area (Å²) in [6.45, 7) is 3.90. The van der Waals surface area contributed by atoms with E-state index in [0.717, 1.165) is 22.7 Å². The molecule has 0 fully saturated rings. The zero-order chi connectivity index (χ0) is 13.8. The molecule has 100 valence electrons. The van der Waals surface area contributed by atoms with Crippen molar-refractivity contribution in [2.24, 2.45) is 7.05 Å². The van der Waals surface area contributed by atoms with Crippen LogP contribution in [0.3, 0.4) is 0 Å². The fraction of sp³-hybridized carbons (Fsp3) is 0.286. The van der Waals surface area contributed by atoms with E-state index in [1.54, 1.807) is 19.0 Å². The number of benzene rings is 1. The standard InChI is InChI=1S/C14H17N3OS/c1-4-19-16-12-7-5-6-11(9-12)13-8-10(2)14(18)17(3)15-13/h5-9,16H,4H2,1-3H3.